The van der Waals surface area contributed by atoms with Crippen LogP contribution < -0.4 is 10.0 Å². The summed E-state index contributed by atoms with van der Waals surface area (Å²) in [5.74, 6) is -0.571. The summed E-state index contributed by atoms with van der Waals surface area (Å²) in [6, 6.07) is 10.5. The summed E-state index contributed by atoms with van der Waals surface area (Å²) in [6.45, 7) is 6.67. The number of carbonyl (C=O) groups is 1. The summed E-state index contributed by atoms with van der Waals surface area (Å²) in [5, 5.41) is 11.5. The average molecular weight is 572 g/mol. The molecule has 2 N–H and O–H groups in total. The second-order valence-corrected chi connectivity index (χ2v) is 14.3. The van der Waals surface area contributed by atoms with Crippen molar-refractivity contribution in [2.45, 2.75) is 75.7 Å². The Labute approximate surface area is 231 Å². The molecule has 1 amide bonds. The van der Waals surface area contributed by atoms with Crippen molar-refractivity contribution in [2.24, 2.45) is 0 Å². The number of aryl methyl sites for hydroxylation is 1. The highest BCUT2D eigenvalue weighted by Crippen LogP contribution is 2.42. The van der Waals surface area contributed by atoms with Crippen LogP contribution >= 0.6 is 20.6 Å². The Morgan fingerprint density at radius 1 is 1.08 bits per heavy atom. The summed E-state index contributed by atoms with van der Waals surface area (Å²) < 4.78 is 34.8. The predicted octanol–water partition coefficient (Wildman–Crippen LogP) is 4.45. The summed E-state index contributed by atoms with van der Waals surface area (Å²) in [7, 11) is -1.36. The Balaban J connectivity index is 1.37. The van der Waals surface area contributed by atoms with Gasteiger partial charge in [-0.3, -0.25) is 4.79 Å². The highest BCUT2D eigenvalue weighted by Gasteiger charge is 2.34. The maximum atomic E-state index is 13.4. The van der Waals surface area contributed by atoms with E-state index in [9.17, 15) is 18.3 Å². The van der Waals surface area contributed by atoms with Crippen LogP contribution in [0.4, 0.5) is 0 Å². The molecule has 1 aliphatic heterocycles. The van der Waals surface area contributed by atoms with E-state index < -0.39 is 21.5 Å². The highest BCUT2D eigenvalue weighted by atomic mass is 32.2. The number of hydrogen-bond donors (Lipinski definition) is 2. The molecule has 2 aliphatic rings. The van der Waals surface area contributed by atoms with Gasteiger partial charge in [-0.2, -0.15) is 0 Å². The molecule has 1 atom stereocenters. The molecule has 6 nitrogen and oxygen atoms in total. The monoisotopic (exact) mass is 571 g/mol. The molecule has 1 aliphatic carbocycles. The smallest absolute Gasteiger partial charge is 0.273 e. The first-order valence-corrected chi connectivity index (χ1v) is 15.8. The van der Waals surface area contributed by atoms with Crippen molar-refractivity contribution in [2.75, 3.05) is 6.61 Å². The normalized spacial score (nSPS) is 15.6. The molecule has 0 saturated heterocycles. The molecule has 1 unspecified atom stereocenters. The van der Waals surface area contributed by atoms with Crippen molar-refractivity contribution >= 4 is 41.8 Å². The van der Waals surface area contributed by atoms with E-state index in [1.54, 1.807) is 13.8 Å². The minimum Gasteiger partial charge on any atom is -0.385 e. The second-order valence-electron chi connectivity index (χ2n) is 10.8. The Bertz CT molecular complexity index is 1500. The maximum absolute atomic E-state index is 13.4. The molecule has 0 fully saturated rings. The number of fused-ring (bicyclic) bond motifs is 2. The fourth-order valence-corrected chi connectivity index (χ4v) is 8.97. The van der Waals surface area contributed by atoms with Gasteiger partial charge in [0.25, 0.3) is 10.0 Å². The average Bonchev–Trinajstić information content (AvgIpc) is 3.27. The number of aliphatic hydroxyl groups is 1. The SMILES string of the molecule is Cc1cc(-c2ccc3c(c2)COCC3)cc(P)c1CC(=O)NS(=O)(=O)c1sc(C(C)(C)O)c2c1CCCC2. The Kier molecular flexibility index (Phi) is 7.57. The third-order valence-corrected chi connectivity index (χ3v) is 11.4. The van der Waals surface area contributed by atoms with Crippen LogP contribution in [0, 0.1) is 6.92 Å². The topological polar surface area (TPSA) is 92.7 Å². The van der Waals surface area contributed by atoms with Crippen molar-refractivity contribution < 1.29 is 23.1 Å². The van der Waals surface area contributed by atoms with Gasteiger partial charge in [0.15, 0.2) is 0 Å². The quantitative estimate of drug-likeness (QED) is 0.427. The van der Waals surface area contributed by atoms with E-state index >= 15 is 0 Å². The van der Waals surface area contributed by atoms with E-state index in [-0.39, 0.29) is 10.6 Å². The molecule has 2 aromatic carbocycles. The first-order valence-electron chi connectivity index (χ1n) is 13.0. The zero-order chi connectivity index (χ0) is 27.2. The van der Waals surface area contributed by atoms with Crippen LogP contribution in [0.5, 0.6) is 0 Å². The molecule has 0 spiro atoms. The standard InChI is InChI=1S/C29H34NO5PS2/c1-17-12-20(19-9-8-18-10-11-35-16-21(18)13-19)14-25(36)24(17)15-26(31)30-38(33,34)28-23-7-5-4-6-22(23)27(37-28)29(2,3)32/h8-9,12-14,32H,4-7,10-11,15-16,36H2,1-3H3,(H,30,31). The number of sulfonamides is 1. The lowest BCUT2D eigenvalue weighted by Crippen LogP contribution is -2.33. The third-order valence-electron chi connectivity index (χ3n) is 7.39. The van der Waals surface area contributed by atoms with E-state index in [1.807, 2.05) is 19.1 Å². The van der Waals surface area contributed by atoms with E-state index in [1.165, 1.54) is 11.1 Å². The summed E-state index contributed by atoms with van der Waals surface area (Å²) >= 11 is 1.09. The van der Waals surface area contributed by atoms with Crippen LogP contribution in [0.2, 0.25) is 0 Å². The van der Waals surface area contributed by atoms with Crippen LogP contribution in [0.15, 0.2) is 34.5 Å². The highest BCUT2D eigenvalue weighted by molar-refractivity contribution is 7.92. The number of nitrogens with one attached hydrogen (secondary N) is 1. The van der Waals surface area contributed by atoms with Crippen molar-refractivity contribution in [1.82, 2.24) is 4.72 Å². The lowest BCUT2D eigenvalue weighted by molar-refractivity contribution is -0.118. The summed E-state index contributed by atoms with van der Waals surface area (Å²) in [5.41, 5.74) is 6.90. The zero-order valence-corrected chi connectivity index (χ0v) is 24.8. The molecule has 2 heterocycles. The van der Waals surface area contributed by atoms with Gasteiger partial charge in [-0.1, -0.05) is 18.2 Å². The molecule has 0 bridgehead atoms. The van der Waals surface area contributed by atoms with Crippen molar-refractivity contribution in [3.05, 3.63) is 68.6 Å². The van der Waals surface area contributed by atoms with Gasteiger partial charge < -0.3 is 9.84 Å². The molecule has 202 valence electrons. The molecule has 38 heavy (non-hydrogen) atoms. The second kappa shape index (κ2) is 10.5. The zero-order valence-electron chi connectivity index (χ0n) is 22.0. The van der Waals surface area contributed by atoms with Gasteiger partial charge in [-0.25, -0.2) is 13.1 Å². The first-order chi connectivity index (χ1) is 17.9. The van der Waals surface area contributed by atoms with Crippen molar-refractivity contribution in [3.8, 4) is 11.1 Å². The fourth-order valence-electron chi connectivity index (χ4n) is 5.50. The summed E-state index contributed by atoms with van der Waals surface area (Å²) in [4.78, 5) is 13.7. The van der Waals surface area contributed by atoms with Gasteiger partial charge in [0.05, 0.1) is 25.2 Å². The molecule has 1 aromatic heterocycles. The van der Waals surface area contributed by atoms with Crippen LogP contribution in [0.25, 0.3) is 11.1 Å². The number of thiophene rings is 1. The molecule has 0 saturated carbocycles. The minimum absolute atomic E-state index is 0.0475. The third kappa shape index (κ3) is 5.47. The number of benzene rings is 2. The van der Waals surface area contributed by atoms with E-state index in [0.29, 0.717) is 17.9 Å². The molecular formula is C29H34NO5PS2. The van der Waals surface area contributed by atoms with Gasteiger partial charge in [0.2, 0.25) is 5.91 Å². The lowest BCUT2D eigenvalue weighted by Gasteiger charge is -2.20. The van der Waals surface area contributed by atoms with E-state index in [0.717, 1.165) is 82.3 Å². The van der Waals surface area contributed by atoms with E-state index in [4.69, 9.17) is 4.74 Å². The molecule has 0 radical (unpaired) electrons. The van der Waals surface area contributed by atoms with Gasteiger partial charge in [-0.15, -0.1) is 20.6 Å². The van der Waals surface area contributed by atoms with Gasteiger partial charge in [-0.05, 0) is 115 Å². The number of ether oxygens (including phenoxy) is 1. The van der Waals surface area contributed by atoms with Crippen LogP contribution in [0.1, 0.15) is 64.9 Å². The number of carbonyl (C=O) groups excluding carboxylic acids is 1. The van der Waals surface area contributed by atoms with Crippen molar-refractivity contribution in [3.63, 3.8) is 0 Å². The number of hydrogen-bond acceptors (Lipinski definition) is 6. The number of amides is 1. The van der Waals surface area contributed by atoms with Gasteiger partial charge in [0, 0.05) is 4.88 Å². The van der Waals surface area contributed by atoms with Crippen LogP contribution in [-0.2, 0) is 57.4 Å². The molecule has 9 heteroatoms. The van der Waals surface area contributed by atoms with Crippen LogP contribution in [0.3, 0.4) is 0 Å². The van der Waals surface area contributed by atoms with Gasteiger partial charge >= 0.3 is 0 Å². The Morgan fingerprint density at radius 2 is 1.82 bits per heavy atom. The van der Waals surface area contributed by atoms with Crippen LogP contribution in [-0.4, -0.2) is 26.0 Å². The number of rotatable bonds is 6. The summed E-state index contributed by atoms with van der Waals surface area (Å²) in [6.07, 6.45) is 4.11. The first kappa shape index (κ1) is 27.5. The largest absolute Gasteiger partial charge is 0.385 e. The molecule has 3 aromatic rings. The minimum atomic E-state index is -4.06. The van der Waals surface area contributed by atoms with Crippen molar-refractivity contribution in [1.29, 1.82) is 0 Å². The molecular weight excluding hydrogens is 537 g/mol. The Morgan fingerprint density at radius 3 is 2.53 bits per heavy atom. The van der Waals surface area contributed by atoms with Gasteiger partial charge in [0.1, 0.15) is 4.21 Å². The lowest BCUT2D eigenvalue weighted by atomic mass is 9.90. The maximum Gasteiger partial charge on any atom is 0.273 e. The Hall–Kier alpha value is -2.09. The fraction of sp³-hybridized carbons (Fsp3) is 0.414. The predicted molar refractivity (Wildman–Crippen MR) is 155 cm³/mol. The molecule has 5 rings (SSSR count). The van der Waals surface area contributed by atoms with E-state index in [2.05, 4.69) is 32.2 Å².